The van der Waals surface area contributed by atoms with E-state index in [0.29, 0.717) is 0 Å². The van der Waals surface area contributed by atoms with Crippen LogP contribution in [0.25, 0.3) is 0 Å². The first-order valence-corrected chi connectivity index (χ1v) is 16.2. The lowest BCUT2D eigenvalue weighted by Gasteiger charge is -2.23. The lowest BCUT2D eigenvalue weighted by Crippen LogP contribution is -2.41. The predicted octanol–water partition coefficient (Wildman–Crippen LogP) is 2.58. The molecule has 1 heterocycles. The minimum Gasteiger partial charge on any atom is -0.366 e. The molecule has 0 amide bonds. The van der Waals surface area contributed by atoms with E-state index in [9.17, 15) is 30.4 Å². The summed E-state index contributed by atoms with van der Waals surface area (Å²) in [6.45, 7) is 4.46. The summed E-state index contributed by atoms with van der Waals surface area (Å²) >= 11 is 0. The Morgan fingerprint density at radius 1 is 0.600 bits per heavy atom. The van der Waals surface area contributed by atoms with Crippen molar-refractivity contribution in [1.82, 2.24) is 0 Å². The summed E-state index contributed by atoms with van der Waals surface area (Å²) in [5.41, 5.74) is 2.36. The van der Waals surface area contributed by atoms with Crippen molar-refractivity contribution >= 4 is 30.4 Å². The molecule has 1 unspecified atom stereocenters. The van der Waals surface area contributed by atoms with Gasteiger partial charge in [0, 0.05) is 0 Å². The summed E-state index contributed by atoms with van der Waals surface area (Å²) in [7, 11) is -13.4. The summed E-state index contributed by atoms with van der Waals surface area (Å²) in [5, 5.41) is 10.6. The van der Waals surface area contributed by atoms with Gasteiger partial charge in [-0.25, -0.2) is 0 Å². The number of hydrogen-bond acceptors (Lipinski definition) is 11. The summed E-state index contributed by atoms with van der Waals surface area (Å²) in [6.07, 6.45) is -7.26. The quantitative estimate of drug-likeness (QED) is 0.335. The molecule has 0 aliphatic carbocycles. The van der Waals surface area contributed by atoms with Gasteiger partial charge in [-0.05, 0) is 57.2 Å². The molecule has 216 valence electrons. The molecule has 1 fully saturated rings. The standard InChI is InChI=1S/C26H28O11S3/c1-17-4-10-20(11-5-17)38(28,29)34-16-23-24(36-39(30,31)21-12-6-18(2)7-13-21)25(26(27)35-23)37-40(32,33)22-14-8-19(3)9-15-22/h4-15,23-27H,16H2,1-3H3/t23-,24+,25-,26?/m1/s1. The van der Waals surface area contributed by atoms with Crippen LogP contribution in [-0.4, -0.2) is 61.6 Å². The Bertz CT molecular complexity index is 1650. The molecule has 1 saturated heterocycles. The minimum absolute atomic E-state index is 0.170. The van der Waals surface area contributed by atoms with E-state index in [4.69, 9.17) is 17.3 Å². The summed E-state index contributed by atoms with van der Waals surface area (Å²) in [4.78, 5) is -0.685. The summed E-state index contributed by atoms with van der Waals surface area (Å²) in [5.74, 6) is 0. The first kappa shape index (κ1) is 30.3. The Morgan fingerprint density at radius 2 is 0.950 bits per heavy atom. The molecule has 4 atom stereocenters. The number of aliphatic hydroxyl groups is 1. The number of ether oxygens (including phenoxy) is 1. The molecule has 1 N–H and O–H groups in total. The van der Waals surface area contributed by atoms with Gasteiger partial charge in [0.05, 0.1) is 21.3 Å². The topological polar surface area (TPSA) is 160 Å². The molecule has 1 aliphatic rings. The van der Waals surface area contributed by atoms with E-state index >= 15 is 0 Å². The number of aliphatic hydroxyl groups excluding tert-OH is 1. The van der Waals surface area contributed by atoms with E-state index in [0.717, 1.165) is 16.7 Å². The first-order chi connectivity index (χ1) is 18.7. The van der Waals surface area contributed by atoms with Crippen LogP contribution in [0.15, 0.2) is 87.5 Å². The zero-order chi connectivity index (χ0) is 29.3. The Labute approximate surface area is 233 Å². The fraction of sp³-hybridized carbons (Fsp3) is 0.308. The van der Waals surface area contributed by atoms with Crippen molar-refractivity contribution < 1.29 is 47.6 Å². The van der Waals surface area contributed by atoms with E-state index < -0.39 is 61.6 Å². The number of benzene rings is 3. The van der Waals surface area contributed by atoms with Crippen LogP contribution in [0, 0.1) is 20.8 Å². The monoisotopic (exact) mass is 612 g/mol. The highest BCUT2D eigenvalue weighted by atomic mass is 32.2. The van der Waals surface area contributed by atoms with Gasteiger partial charge in [-0.2, -0.15) is 25.3 Å². The molecule has 11 nitrogen and oxygen atoms in total. The SMILES string of the molecule is Cc1ccc(S(=O)(=O)OC[C@H]2OC(O)[C@H](OS(=O)(=O)c3ccc(C)cc3)[C@H]2OS(=O)(=O)c2ccc(C)cc2)cc1. The first-order valence-electron chi connectivity index (χ1n) is 12.0. The lowest BCUT2D eigenvalue weighted by atomic mass is 10.1. The van der Waals surface area contributed by atoms with Gasteiger partial charge in [0.15, 0.2) is 12.4 Å². The molecule has 3 aromatic rings. The normalized spacial score (nSPS) is 21.9. The van der Waals surface area contributed by atoms with E-state index in [1.54, 1.807) is 32.9 Å². The molecule has 0 saturated carbocycles. The second-order valence-electron chi connectivity index (χ2n) is 9.27. The van der Waals surface area contributed by atoms with Gasteiger partial charge in [-0.15, -0.1) is 0 Å². The van der Waals surface area contributed by atoms with Crippen LogP contribution >= 0.6 is 0 Å². The third-order valence-corrected chi connectivity index (χ3v) is 10.0. The van der Waals surface area contributed by atoms with Crippen LogP contribution in [0.1, 0.15) is 16.7 Å². The molecule has 0 spiro atoms. The molecule has 14 heteroatoms. The van der Waals surface area contributed by atoms with Crippen molar-refractivity contribution in [3.8, 4) is 0 Å². The van der Waals surface area contributed by atoms with E-state index in [1.165, 1.54) is 60.7 Å². The van der Waals surface area contributed by atoms with E-state index in [1.807, 2.05) is 0 Å². The third kappa shape index (κ3) is 6.95. The molecule has 0 aromatic heterocycles. The van der Waals surface area contributed by atoms with Crippen LogP contribution in [0.3, 0.4) is 0 Å². The van der Waals surface area contributed by atoms with E-state index in [-0.39, 0.29) is 14.7 Å². The molecular weight excluding hydrogens is 584 g/mol. The fourth-order valence-corrected chi connectivity index (χ4v) is 6.91. The molecule has 4 rings (SSSR count). The highest BCUT2D eigenvalue weighted by Gasteiger charge is 2.51. The van der Waals surface area contributed by atoms with Crippen molar-refractivity contribution in [1.29, 1.82) is 0 Å². The van der Waals surface area contributed by atoms with Gasteiger partial charge < -0.3 is 9.84 Å². The Morgan fingerprint density at radius 3 is 1.35 bits per heavy atom. The Balaban J connectivity index is 1.63. The Kier molecular flexibility index (Phi) is 8.82. The van der Waals surface area contributed by atoms with Crippen molar-refractivity contribution in [2.75, 3.05) is 6.61 Å². The maximum absolute atomic E-state index is 13.1. The maximum atomic E-state index is 13.1. The predicted molar refractivity (Wildman–Crippen MR) is 142 cm³/mol. The van der Waals surface area contributed by atoms with Crippen LogP contribution in [0.4, 0.5) is 0 Å². The molecule has 0 bridgehead atoms. The molecule has 40 heavy (non-hydrogen) atoms. The second-order valence-corrected chi connectivity index (χ2v) is 14.0. The second kappa shape index (κ2) is 11.7. The lowest BCUT2D eigenvalue weighted by molar-refractivity contribution is -0.125. The van der Waals surface area contributed by atoms with Gasteiger partial charge in [-0.3, -0.25) is 12.5 Å². The molecule has 3 aromatic carbocycles. The smallest absolute Gasteiger partial charge is 0.297 e. The Hall–Kier alpha value is -2.69. The number of hydrogen-bond donors (Lipinski definition) is 1. The minimum atomic E-state index is -4.56. The summed E-state index contributed by atoms with van der Waals surface area (Å²) in [6, 6.07) is 17.0. The third-order valence-electron chi connectivity index (χ3n) is 6.08. The van der Waals surface area contributed by atoms with Gasteiger partial charge in [0.25, 0.3) is 30.4 Å². The molecular formula is C26H28O11S3. The van der Waals surface area contributed by atoms with E-state index in [2.05, 4.69) is 0 Å². The van der Waals surface area contributed by atoms with Crippen molar-refractivity contribution in [3.63, 3.8) is 0 Å². The maximum Gasteiger partial charge on any atom is 0.297 e. The van der Waals surface area contributed by atoms with Crippen LogP contribution in [0.2, 0.25) is 0 Å². The van der Waals surface area contributed by atoms with Gasteiger partial charge >= 0.3 is 0 Å². The molecule has 0 radical (unpaired) electrons. The largest absolute Gasteiger partial charge is 0.366 e. The highest BCUT2D eigenvalue weighted by Crippen LogP contribution is 2.32. The zero-order valence-corrected chi connectivity index (χ0v) is 24.1. The average molecular weight is 613 g/mol. The fourth-order valence-electron chi connectivity index (χ4n) is 3.80. The van der Waals surface area contributed by atoms with Crippen molar-refractivity contribution in [3.05, 3.63) is 89.5 Å². The average Bonchev–Trinajstić information content (AvgIpc) is 3.16. The van der Waals surface area contributed by atoms with Gasteiger partial charge in [0.1, 0.15) is 12.2 Å². The zero-order valence-electron chi connectivity index (χ0n) is 21.7. The molecule has 1 aliphatic heterocycles. The highest BCUT2D eigenvalue weighted by molar-refractivity contribution is 7.87. The van der Waals surface area contributed by atoms with Crippen molar-refractivity contribution in [2.45, 2.75) is 60.1 Å². The number of rotatable bonds is 10. The summed E-state index contributed by atoms with van der Waals surface area (Å²) < 4.78 is 98.6. The van der Waals surface area contributed by atoms with Crippen LogP contribution in [-0.2, 0) is 47.6 Å². The number of aryl methyl sites for hydroxylation is 3. The van der Waals surface area contributed by atoms with Gasteiger partial charge in [-0.1, -0.05) is 53.1 Å². The van der Waals surface area contributed by atoms with Crippen LogP contribution in [0.5, 0.6) is 0 Å². The van der Waals surface area contributed by atoms with Gasteiger partial charge in [0.2, 0.25) is 0 Å². The van der Waals surface area contributed by atoms with Crippen LogP contribution < -0.4 is 0 Å². The van der Waals surface area contributed by atoms with Crippen molar-refractivity contribution in [2.24, 2.45) is 0 Å².